The van der Waals surface area contributed by atoms with Crippen molar-refractivity contribution in [3.05, 3.63) is 70.6 Å². The van der Waals surface area contributed by atoms with Crippen molar-refractivity contribution in [1.29, 1.82) is 0 Å². The molecule has 0 unspecified atom stereocenters. The number of benzene rings is 1. The number of aryl methyl sites for hydroxylation is 4. The summed E-state index contributed by atoms with van der Waals surface area (Å²) in [6.07, 6.45) is 0. The molecule has 0 fully saturated rings. The van der Waals surface area contributed by atoms with E-state index in [4.69, 9.17) is 4.74 Å². The van der Waals surface area contributed by atoms with Crippen LogP contribution in [0.3, 0.4) is 0 Å². The normalized spacial score (nSPS) is 11.5. The van der Waals surface area contributed by atoms with Crippen LogP contribution in [0.4, 0.5) is 5.69 Å². The molecule has 0 amide bonds. The first-order valence-electron chi connectivity index (χ1n) is 9.46. The summed E-state index contributed by atoms with van der Waals surface area (Å²) in [4.78, 5) is 9.70. The Hall–Kier alpha value is -3.24. The van der Waals surface area contributed by atoms with Gasteiger partial charge in [-0.2, -0.15) is 10.1 Å². The molecule has 0 aliphatic rings. The molecule has 0 saturated carbocycles. The van der Waals surface area contributed by atoms with Crippen molar-refractivity contribution in [3.63, 3.8) is 0 Å². The molecule has 0 saturated heterocycles. The Kier molecular flexibility index (Phi) is 5.50. The molecule has 4 rings (SSSR count). The van der Waals surface area contributed by atoms with Crippen LogP contribution in [0, 0.1) is 27.7 Å². The molecule has 1 N–H and O–H groups in total. The van der Waals surface area contributed by atoms with Crippen molar-refractivity contribution in [3.8, 4) is 17.4 Å². The Balaban J connectivity index is 1.52. The SMILES string of the molecule is Cc1cc(C)n(-c2cc(Oc3ccc(NS(=O)(=O)c4ccc(C)s4)cc3)nc(C)n2)n1. The van der Waals surface area contributed by atoms with Crippen LogP contribution < -0.4 is 9.46 Å². The molecule has 31 heavy (non-hydrogen) atoms. The van der Waals surface area contributed by atoms with Gasteiger partial charge in [0.1, 0.15) is 15.8 Å². The average Bonchev–Trinajstić information content (AvgIpc) is 3.28. The van der Waals surface area contributed by atoms with Crippen molar-refractivity contribution in [1.82, 2.24) is 19.7 Å². The summed E-state index contributed by atoms with van der Waals surface area (Å²) in [5, 5.41) is 4.45. The maximum Gasteiger partial charge on any atom is 0.271 e. The topological polar surface area (TPSA) is 99.0 Å². The average molecular weight is 456 g/mol. The summed E-state index contributed by atoms with van der Waals surface area (Å²) < 4.78 is 35.4. The van der Waals surface area contributed by atoms with E-state index in [1.807, 2.05) is 26.8 Å². The summed E-state index contributed by atoms with van der Waals surface area (Å²) in [7, 11) is -3.61. The van der Waals surface area contributed by atoms with Gasteiger partial charge in [0.2, 0.25) is 5.88 Å². The number of hydrogen-bond donors (Lipinski definition) is 1. The number of rotatable bonds is 6. The highest BCUT2D eigenvalue weighted by Crippen LogP contribution is 2.26. The zero-order chi connectivity index (χ0) is 22.2. The first kappa shape index (κ1) is 21.0. The van der Waals surface area contributed by atoms with Gasteiger partial charge in [0, 0.05) is 22.3 Å². The molecular formula is C21H21N5O3S2. The lowest BCUT2D eigenvalue weighted by atomic mass is 10.3. The molecule has 3 heterocycles. The first-order chi connectivity index (χ1) is 14.7. The molecular weight excluding hydrogens is 434 g/mol. The van der Waals surface area contributed by atoms with Gasteiger partial charge < -0.3 is 4.74 Å². The summed E-state index contributed by atoms with van der Waals surface area (Å²) >= 11 is 1.23. The maximum atomic E-state index is 12.5. The van der Waals surface area contributed by atoms with E-state index in [1.54, 1.807) is 54.1 Å². The first-order valence-corrected chi connectivity index (χ1v) is 11.8. The Bertz CT molecular complexity index is 1340. The van der Waals surface area contributed by atoms with Crippen LogP contribution in [0.25, 0.3) is 5.82 Å². The number of thiophene rings is 1. The van der Waals surface area contributed by atoms with Crippen LogP contribution in [0.1, 0.15) is 22.1 Å². The highest BCUT2D eigenvalue weighted by molar-refractivity contribution is 7.94. The van der Waals surface area contributed by atoms with Gasteiger partial charge in [-0.25, -0.2) is 18.1 Å². The Morgan fingerprint density at radius 3 is 2.32 bits per heavy atom. The molecule has 4 aromatic rings. The predicted octanol–water partition coefficient (Wildman–Crippen LogP) is 4.55. The second-order valence-corrected chi connectivity index (χ2v) is 10.2. The van der Waals surface area contributed by atoms with Gasteiger partial charge in [-0.3, -0.25) is 4.72 Å². The molecule has 0 bridgehead atoms. The van der Waals surface area contributed by atoms with Crippen LogP contribution in [-0.2, 0) is 10.0 Å². The summed E-state index contributed by atoms with van der Waals surface area (Å²) in [6, 6.07) is 13.7. The van der Waals surface area contributed by atoms with E-state index in [0.717, 1.165) is 16.3 Å². The zero-order valence-corrected chi connectivity index (χ0v) is 19.1. The molecule has 8 nitrogen and oxygen atoms in total. The van der Waals surface area contributed by atoms with Crippen LogP contribution in [0.5, 0.6) is 11.6 Å². The maximum absolute atomic E-state index is 12.5. The molecule has 3 aromatic heterocycles. The van der Waals surface area contributed by atoms with Gasteiger partial charge in [-0.05, 0) is 70.2 Å². The van der Waals surface area contributed by atoms with Crippen molar-refractivity contribution < 1.29 is 13.2 Å². The van der Waals surface area contributed by atoms with Crippen LogP contribution in [0.2, 0.25) is 0 Å². The molecule has 0 spiro atoms. The number of aromatic nitrogens is 4. The van der Waals surface area contributed by atoms with E-state index in [0.29, 0.717) is 29.0 Å². The third-order valence-electron chi connectivity index (χ3n) is 4.34. The second kappa shape index (κ2) is 8.12. The lowest BCUT2D eigenvalue weighted by Crippen LogP contribution is -2.11. The fourth-order valence-corrected chi connectivity index (χ4v) is 5.36. The minimum absolute atomic E-state index is 0.276. The van der Waals surface area contributed by atoms with E-state index in [9.17, 15) is 8.42 Å². The number of nitrogens with zero attached hydrogens (tertiary/aromatic N) is 4. The summed E-state index contributed by atoms with van der Waals surface area (Å²) in [5.74, 6) is 2.06. The van der Waals surface area contributed by atoms with E-state index < -0.39 is 10.0 Å². The molecule has 160 valence electrons. The molecule has 1 aromatic carbocycles. The Labute approximate surface area is 184 Å². The van der Waals surface area contributed by atoms with Gasteiger partial charge in [0.25, 0.3) is 10.0 Å². The van der Waals surface area contributed by atoms with Crippen LogP contribution in [0.15, 0.2) is 52.7 Å². The Morgan fingerprint density at radius 2 is 1.71 bits per heavy atom. The van der Waals surface area contributed by atoms with Crippen molar-refractivity contribution >= 4 is 27.0 Å². The quantitative estimate of drug-likeness (QED) is 0.458. The summed E-state index contributed by atoms with van der Waals surface area (Å²) in [5.41, 5.74) is 2.30. The van der Waals surface area contributed by atoms with Crippen molar-refractivity contribution in [2.45, 2.75) is 31.9 Å². The minimum atomic E-state index is -3.61. The molecule has 0 aliphatic carbocycles. The van der Waals surface area contributed by atoms with Gasteiger partial charge in [-0.15, -0.1) is 11.3 Å². The largest absolute Gasteiger partial charge is 0.439 e. The number of anilines is 1. The smallest absolute Gasteiger partial charge is 0.271 e. The van der Waals surface area contributed by atoms with E-state index in [1.165, 1.54) is 11.3 Å². The third-order valence-corrected chi connectivity index (χ3v) is 7.21. The third kappa shape index (κ3) is 4.75. The highest BCUT2D eigenvalue weighted by Gasteiger charge is 2.16. The second-order valence-electron chi connectivity index (χ2n) is 7.05. The predicted molar refractivity (Wildman–Crippen MR) is 120 cm³/mol. The zero-order valence-electron chi connectivity index (χ0n) is 17.4. The number of hydrogen-bond acceptors (Lipinski definition) is 7. The van der Waals surface area contributed by atoms with Crippen molar-refractivity contribution in [2.75, 3.05) is 4.72 Å². The lowest BCUT2D eigenvalue weighted by molar-refractivity contribution is 0.459. The molecule has 0 radical (unpaired) electrons. The van der Waals surface area contributed by atoms with E-state index >= 15 is 0 Å². The number of sulfonamides is 1. The number of ether oxygens (including phenoxy) is 1. The van der Waals surface area contributed by atoms with Gasteiger partial charge in [-0.1, -0.05) is 0 Å². The molecule has 10 heteroatoms. The molecule has 0 atom stereocenters. The minimum Gasteiger partial charge on any atom is -0.439 e. The number of nitrogens with one attached hydrogen (secondary N) is 1. The highest BCUT2D eigenvalue weighted by atomic mass is 32.2. The van der Waals surface area contributed by atoms with Gasteiger partial charge >= 0.3 is 0 Å². The summed E-state index contributed by atoms with van der Waals surface area (Å²) in [6.45, 7) is 7.52. The monoisotopic (exact) mass is 455 g/mol. The molecule has 0 aliphatic heterocycles. The van der Waals surface area contributed by atoms with Gasteiger partial charge in [0.15, 0.2) is 5.82 Å². The lowest BCUT2D eigenvalue weighted by Gasteiger charge is -2.10. The van der Waals surface area contributed by atoms with Crippen molar-refractivity contribution in [2.24, 2.45) is 0 Å². The van der Waals surface area contributed by atoms with E-state index in [-0.39, 0.29) is 4.21 Å². The standard InChI is InChI=1S/C21H21N5O3S2/c1-13-11-14(2)26(24-13)19-12-20(23-16(4)22-19)29-18-8-6-17(7-9-18)25-31(27,28)21-10-5-15(3)30-21/h5-12,25H,1-4H3. The van der Waals surface area contributed by atoms with Gasteiger partial charge in [0.05, 0.1) is 5.69 Å². The van der Waals surface area contributed by atoms with Crippen LogP contribution >= 0.6 is 11.3 Å². The fraction of sp³-hybridized carbons (Fsp3) is 0.190. The van der Waals surface area contributed by atoms with E-state index in [2.05, 4.69) is 19.8 Å². The fourth-order valence-electron chi connectivity index (χ4n) is 3.02. The Morgan fingerprint density at radius 1 is 0.968 bits per heavy atom. The van der Waals surface area contributed by atoms with Crippen LogP contribution in [-0.4, -0.2) is 28.2 Å².